The molecular weight excluding hydrogens is 210 g/mol. The number of nitrogens with one attached hydrogen (secondary N) is 1. The highest BCUT2D eigenvalue weighted by Crippen LogP contribution is 2.25. The van der Waals surface area contributed by atoms with Gasteiger partial charge in [-0.1, -0.05) is 38.1 Å². The van der Waals surface area contributed by atoms with Gasteiger partial charge in [-0.05, 0) is 24.1 Å². The highest BCUT2D eigenvalue weighted by Gasteiger charge is 2.24. The quantitative estimate of drug-likeness (QED) is 0.617. The second-order valence-corrected chi connectivity index (χ2v) is 5.53. The van der Waals surface area contributed by atoms with E-state index in [1.807, 2.05) is 13.8 Å². The highest BCUT2D eigenvalue weighted by atomic mass is 15.1. The minimum atomic E-state index is -0.186. The van der Waals surface area contributed by atoms with Crippen molar-refractivity contribution in [3.8, 4) is 0 Å². The molecule has 17 heavy (non-hydrogen) atoms. The first kappa shape index (κ1) is 12.1. The standard InChI is InChI=1S/C14H21N3/c1-14(2,13(15)16)7-8-17-9-11-5-3-4-6-12(11)10-17/h3-6H,7-10H2,1-2H3,(H3,15,16). The Morgan fingerprint density at radius 2 is 1.82 bits per heavy atom. The van der Waals surface area contributed by atoms with E-state index in [0.29, 0.717) is 0 Å². The van der Waals surface area contributed by atoms with Gasteiger partial charge in [0, 0.05) is 18.5 Å². The van der Waals surface area contributed by atoms with Crippen molar-refractivity contribution in [1.29, 1.82) is 5.41 Å². The summed E-state index contributed by atoms with van der Waals surface area (Å²) in [6.07, 6.45) is 0.941. The van der Waals surface area contributed by atoms with E-state index in [1.54, 1.807) is 0 Å². The Morgan fingerprint density at radius 3 is 2.29 bits per heavy atom. The summed E-state index contributed by atoms with van der Waals surface area (Å²) in [6, 6.07) is 8.60. The monoisotopic (exact) mass is 231 g/mol. The fraction of sp³-hybridized carbons (Fsp3) is 0.500. The topological polar surface area (TPSA) is 53.1 Å². The second kappa shape index (κ2) is 4.49. The van der Waals surface area contributed by atoms with Crippen molar-refractivity contribution in [2.24, 2.45) is 11.1 Å². The van der Waals surface area contributed by atoms with Crippen LogP contribution in [0.5, 0.6) is 0 Å². The van der Waals surface area contributed by atoms with E-state index in [-0.39, 0.29) is 11.3 Å². The third-order valence-corrected chi connectivity index (χ3v) is 3.69. The smallest absolute Gasteiger partial charge is 0.0963 e. The van der Waals surface area contributed by atoms with Crippen molar-refractivity contribution in [3.05, 3.63) is 35.4 Å². The lowest BCUT2D eigenvalue weighted by atomic mass is 9.88. The van der Waals surface area contributed by atoms with Crippen LogP contribution in [0.25, 0.3) is 0 Å². The number of rotatable bonds is 4. The molecule has 0 fully saturated rings. The second-order valence-electron chi connectivity index (χ2n) is 5.53. The molecule has 3 N–H and O–H groups in total. The molecule has 1 aliphatic rings. The number of amidine groups is 1. The first-order valence-electron chi connectivity index (χ1n) is 6.13. The fourth-order valence-corrected chi connectivity index (χ4v) is 2.13. The van der Waals surface area contributed by atoms with Crippen LogP contribution in [0.2, 0.25) is 0 Å². The minimum absolute atomic E-state index is 0.186. The van der Waals surface area contributed by atoms with Crippen molar-refractivity contribution in [1.82, 2.24) is 4.90 Å². The lowest BCUT2D eigenvalue weighted by Gasteiger charge is -2.25. The van der Waals surface area contributed by atoms with Gasteiger partial charge in [0.25, 0.3) is 0 Å². The van der Waals surface area contributed by atoms with Crippen LogP contribution in [-0.4, -0.2) is 17.3 Å². The number of nitrogens with two attached hydrogens (primary N) is 1. The zero-order chi connectivity index (χ0) is 12.5. The predicted octanol–water partition coefficient (Wildman–Crippen LogP) is 2.35. The molecule has 1 aromatic rings. The molecule has 0 saturated carbocycles. The molecule has 1 aliphatic heterocycles. The first-order chi connectivity index (χ1) is 7.99. The van der Waals surface area contributed by atoms with E-state index in [1.165, 1.54) is 11.1 Å². The summed E-state index contributed by atoms with van der Waals surface area (Å²) in [5.74, 6) is 0.286. The van der Waals surface area contributed by atoms with Gasteiger partial charge in [0.1, 0.15) is 0 Å². The summed E-state index contributed by atoms with van der Waals surface area (Å²) in [5.41, 5.74) is 8.29. The number of benzene rings is 1. The summed E-state index contributed by atoms with van der Waals surface area (Å²) in [5, 5.41) is 7.56. The zero-order valence-electron chi connectivity index (χ0n) is 10.7. The molecule has 1 aromatic carbocycles. The van der Waals surface area contributed by atoms with Gasteiger partial charge in [-0.25, -0.2) is 0 Å². The van der Waals surface area contributed by atoms with E-state index in [2.05, 4.69) is 29.2 Å². The minimum Gasteiger partial charge on any atom is -0.387 e. The van der Waals surface area contributed by atoms with E-state index in [4.69, 9.17) is 11.1 Å². The van der Waals surface area contributed by atoms with Crippen molar-refractivity contribution in [2.75, 3.05) is 6.54 Å². The van der Waals surface area contributed by atoms with Crippen LogP contribution in [-0.2, 0) is 13.1 Å². The normalized spacial score (nSPS) is 15.9. The summed E-state index contributed by atoms with van der Waals surface area (Å²) in [6.45, 7) is 7.15. The van der Waals surface area contributed by atoms with Crippen LogP contribution in [0, 0.1) is 10.8 Å². The summed E-state index contributed by atoms with van der Waals surface area (Å²) >= 11 is 0. The van der Waals surface area contributed by atoms with Gasteiger partial charge in [-0.15, -0.1) is 0 Å². The van der Waals surface area contributed by atoms with Crippen LogP contribution in [0.4, 0.5) is 0 Å². The van der Waals surface area contributed by atoms with Crippen LogP contribution >= 0.6 is 0 Å². The molecule has 0 aliphatic carbocycles. The Bertz CT molecular complexity index is 398. The van der Waals surface area contributed by atoms with E-state index < -0.39 is 0 Å². The third-order valence-electron chi connectivity index (χ3n) is 3.69. The molecule has 3 heteroatoms. The molecule has 0 unspecified atom stereocenters. The molecule has 92 valence electrons. The molecule has 0 saturated heterocycles. The Hall–Kier alpha value is -1.35. The van der Waals surface area contributed by atoms with E-state index in [0.717, 1.165) is 26.1 Å². The number of fused-ring (bicyclic) bond motifs is 1. The van der Waals surface area contributed by atoms with Gasteiger partial charge < -0.3 is 5.73 Å². The van der Waals surface area contributed by atoms with E-state index >= 15 is 0 Å². The van der Waals surface area contributed by atoms with Gasteiger partial charge in [0.15, 0.2) is 0 Å². The van der Waals surface area contributed by atoms with Crippen molar-refractivity contribution in [3.63, 3.8) is 0 Å². The van der Waals surface area contributed by atoms with Crippen LogP contribution in [0.15, 0.2) is 24.3 Å². The average Bonchev–Trinajstić information content (AvgIpc) is 2.69. The zero-order valence-corrected chi connectivity index (χ0v) is 10.7. The average molecular weight is 231 g/mol. The number of hydrogen-bond acceptors (Lipinski definition) is 2. The van der Waals surface area contributed by atoms with Crippen molar-refractivity contribution < 1.29 is 0 Å². The maximum absolute atomic E-state index is 7.56. The summed E-state index contributed by atoms with van der Waals surface area (Å²) < 4.78 is 0. The summed E-state index contributed by atoms with van der Waals surface area (Å²) in [4.78, 5) is 2.43. The molecule has 1 heterocycles. The maximum Gasteiger partial charge on any atom is 0.0963 e. The Kier molecular flexibility index (Phi) is 3.20. The molecule has 0 radical (unpaired) electrons. The third kappa shape index (κ3) is 2.67. The Balaban J connectivity index is 1.91. The van der Waals surface area contributed by atoms with Gasteiger partial charge in [0.2, 0.25) is 0 Å². The Morgan fingerprint density at radius 1 is 1.29 bits per heavy atom. The Labute approximate surface area is 103 Å². The lowest BCUT2D eigenvalue weighted by molar-refractivity contribution is 0.251. The van der Waals surface area contributed by atoms with Crippen molar-refractivity contribution >= 4 is 5.84 Å². The highest BCUT2D eigenvalue weighted by molar-refractivity contribution is 5.82. The maximum atomic E-state index is 7.56. The SMILES string of the molecule is CC(C)(CCN1Cc2ccccc2C1)C(=N)N. The van der Waals surface area contributed by atoms with Gasteiger partial charge in [-0.3, -0.25) is 10.3 Å². The number of nitrogens with zero attached hydrogens (tertiary/aromatic N) is 1. The first-order valence-corrected chi connectivity index (χ1v) is 6.13. The van der Waals surface area contributed by atoms with E-state index in [9.17, 15) is 0 Å². The number of hydrogen-bond donors (Lipinski definition) is 2. The van der Waals surface area contributed by atoms with Gasteiger partial charge in [-0.2, -0.15) is 0 Å². The fourth-order valence-electron chi connectivity index (χ4n) is 2.13. The molecule has 0 atom stereocenters. The van der Waals surface area contributed by atoms with Crippen LogP contribution < -0.4 is 5.73 Å². The lowest BCUT2D eigenvalue weighted by Crippen LogP contribution is -2.34. The largest absolute Gasteiger partial charge is 0.387 e. The van der Waals surface area contributed by atoms with Gasteiger partial charge >= 0.3 is 0 Å². The molecule has 0 aromatic heterocycles. The molecular formula is C14H21N3. The molecule has 0 bridgehead atoms. The van der Waals surface area contributed by atoms with Gasteiger partial charge in [0.05, 0.1) is 5.84 Å². The molecule has 0 amide bonds. The van der Waals surface area contributed by atoms with Crippen molar-refractivity contribution in [2.45, 2.75) is 33.4 Å². The molecule has 0 spiro atoms. The van der Waals surface area contributed by atoms with Crippen LogP contribution in [0.3, 0.4) is 0 Å². The predicted molar refractivity (Wildman–Crippen MR) is 70.9 cm³/mol. The molecule has 3 nitrogen and oxygen atoms in total. The molecule has 2 rings (SSSR count). The summed E-state index contributed by atoms with van der Waals surface area (Å²) in [7, 11) is 0. The van der Waals surface area contributed by atoms with Crippen LogP contribution in [0.1, 0.15) is 31.4 Å².